The average Bonchev–Trinajstić information content (AvgIpc) is 2.84. The van der Waals surface area contributed by atoms with Crippen molar-refractivity contribution in [3.8, 4) is 11.4 Å². The van der Waals surface area contributed by atoms with E-state index >= 15 is 0 Å². The van der Waals surface area contributed by atoms with Crippen molar-refractivity contribution in [2.75, 3.05) is 24.7 Å². The number of nitrogens with zero attached hydrogens (tertiary/aromatic N) is 3. The van der Waals surface area contributed by atoms with Gasteiger partial charge in [-0.2, -0.15) is 0 Å². The fourth-order valence-electron chi connectivity index (χ4n) is 1.94. The van der Waals surface area contributed by atoms with Crippen LogP contribution >= 0.6 is 0 Å². The van der Waals surface area contributed by atoms with E-state index in [0.29, 0.717) is 17.0 Å². The van der Waals surface area contributed by atoms with E-state index in [4.69, 9.17) is 5.73 Å². The minimum Gasteiger partial charge on any atom is -0.396 e. The summed E-state index contributed by atoms with van der Waals surface area (Å²) in [6.07, 6.45) is 0. The molecule has 0 saturated heterocycles. The molecule has 0 aliphatic rings. The number of aromatic nitrogens is 3. The van der Waals surface area contributed by atoms with E-state index in [-0.39, 0.29) is 5.69 Å². The highest BCUT2D eigenvalue weighted by molar-refractivity contribution is 5.77. The molecule has 1 aromatic carbocycles. The number of halogens is 1. The van der Waals surface area contributed by atoms with E-state index < -0.39 is 5.82 Å². The van der Waals surface area contributed by atoms with Crippen LogP contribution in [0, 0.1) is 5.82 Å². The third-order valence-electron chi connectivity index (χ3n) is 3.06. The standard InChI is InChI=1S/C14H14FN5/c1-20(2)12-6-5-11-14(18-12)19-13(17-11)8-3-4-10(16)9(15)7-8/h3-7H,16H2,1-2H3,(H,17,18,19). The first kappa shape index (κ1) is 12.4. The maximum Gasteiger partial charge on any atom is 0.180 e. The van der Waals surface area contributed by atoms with Crippen LogP contribution in [0.5, 0.6) is 0 Å². The molecule has 0 spiro atoms. The van der Waals surface area contributed by atoms with Gasteiger partial charge >= 0.3 is 0 Å². The van der Waals surface area contributed by atoms with Crippen LogP contribution < -0.4 is 10.6 Å². The van der Waals surface area contributed by atoms with Gasteiger partial charge < -0.3 is 15.6 Å². The topological polar surface area (TPSA) is 70.8 Å². The molecular weight excluding hydrogens is 257 g/mol. The van der Waals surface area contributed by atoms with Gasteiger partial charge in [-0.05, 0) is 30.3 Å². The number of pyridine rings is 1. The van der Waals surface area contributed by atoms with Crippen molar-refractivity contribution in [3.05, 3.63) is 36.1 Å². The maximum absolute atomic E-state index is 13.5. The molecule has 3 N–H and O–H groups in total. The molecular formula is C14H14FN5. The molecule has 5 nitrogen and oxygen atoms in total. The van der Waals surface area contributed by atoms with Gasteiger partial charge in [-0.25, -0.2) is 14.4 Å². The first-order chi connectivity index (χ1) is 9.54. The van der Waals surface area contributed by atoms with Gasteiger partial charge in [0.25, 0.3) is 0 Å². The highest BCUT2D eigenvalue weighted by Crippen LogP contribution is 2.23. The highest BCUT2D eigenvalue weighted by Gasteiger charge is 2.09. The lowest BCUT2D eigenvalue weighted by Gasteiger charge is -2.09. The van der Waals surface area contributed by atoms with Crippen molar-refractivity contribution >= 4 is 22.7 Å². The monoisotopic (exact) mass is 271 g/mol. The lowest BCUT2D eigenvalue weighted by Crippen LogP contribution is -2.10. The normalized spacial score (nSPS) is 10.9. The fraction of sp³-hybridized carbons (Fsp3) is 0.143. The van der Waals surface area contributed by atoms with Crippen molar-refractivity contribution in [2.45, 2.75) is 0 Å². The number of H-pyrrole nitrogens is 1. The van der Waals surface area contributed by atoms with Crippen LogP contribution in [0.15, 0.2) is 30.3 Å². The summed E-state index contributed by atoms with van der Waals surface area (Å²) in [5, 5.41) is 0. The van der Waals surface area contributed by atoms with Crippen LogP contribution in [-0.4, -0.2) is 29.0 Å². The van der Waals surface area contributed by atoms with E-state index in [1.165, 1.54) is 12.1 Å². The first-order valence-electron chi connectivity index (χ1n) is 6.14. The highest BCUT2D eigenvalue weighted by atomic mass is 19.1. The number of anilines is 2. The van der Waals surface area contributed by atoms with Crippen molar-refractivity contribution in [3.63, 3.8) is 0 Å². The predicted molar refractivity (Wildman–Crippen MR) is 78.0 cm³/mol. The van der Waals surface area contributed by atoms with Gasteiger partial charge in [-0.1, -0.05) is 0 Å². The summed E-state index contributed by atoms with van der Waals surface area (Å²) in [6.45, 7) is 0. The molecule has 3 rings (SSSR count). The number of fused-ring (bicyclic) bond motifs is 1. The molecule has 0 saturated carbocycles. The third-order valence-corrected chi connectivity index (χ3v) is 3.06. The Morgan fingerprint density at radius 1 is 1.15 bits per heavy atom. The average molecular weight is 271 g/mol. The van der Waals surface area contributed by atoms with Crippen molar-refractivity contribution in [1.29, 1.82) is 0 Å². The summed E-state index contributed by atoms with van der Waals surface area (Å²) in [6, 6.07) is 8.41. The molecule has 102 valence electrons. The second-order valence-corrected chi connectivity index (χ2v) is 4.76. The molecule has 0 fully saturated rings. The van der Waals surface area contributed by atoms with Gasteiger partial charge in [-0.15, -0.1) is 0 Å². The summed E-state index contributed by atoms with van der Waals surface area (Å²) >= 11 is 0. The van der Waals surface area contributed by atoms with Crippen molar-refractivity contribution in [1.82, 2.24) is 15.0 Å². The van der Waals surface area contributed by atoms with E-state index in [1.54, 1.807) is 6.07 Å². The van der Waals surface area contributed by atoms with Crippen LogP contribution in [0.4, 0.5) is 15.9 Å². The Kier molecular flexibility index (Phi) is 2.78. The number of nitrogens with one attached hydrogen (secondary N) is 1. The van der Waals surface area contributed by atoms with Crippen LogP contribution in [0.25, 0.3) is 22.6 Å². The van der Waals surface area contributed by atoms with Crippen molar-refractivity contribution < 1.29 is 4.39 Å². The Hall–Kier alpha value is -2.63. The third kappa shape index (κ3) is 2.05. The van der Waals surface area contributed by atoms with E-state index in [2.05, 4.69) is 15.0 Å². The second kappa shape index (κ2) is 4.48. The predicted octanol–water partition coefficient (Wildman–Crippen LogP) is 2.41. The second-order valence-electron chi connectivity index (χ2n) is 4.76. The number of nitrogen functional groups attached to an aromatic ring is 1. The Balaban J connectivity index is 2.10. The Bertz CT molecular complexity index is 778. The molecule has 2 heterocycles. The minimum atomic E-state index is -0.454. The molecule has 6 heteroatoms. The minimum absolute atomic E-state index is 0.123. The zero-order chi connectivity index (χ0) is 14.3. The van der Waals surface area contributed by atoms with Crippen molar-refractivity contribution in [2.24, 2.45) is 0 Å². The number of nitrogens with two attached hydrogens (primary N) is 1. The number of rotatable bonds is 2. The van der Waals surface area contributed by atoms with Crippen LogP contribution in [0.3, 0.4) is 0 Å². The smallest absolute Gasteiger partial charge is 0.180 e. The number of hydrogen-bond donors (Lipinski definition) is 2. The molecule has 0 radical (unpaired) electrons. The summed E-state index contributed by atoms with van der Waals surface area (Å²) in [7, 11) is 3.83. The van der Waals surface area contributed by atoms with E-state index in [1.807, 2.05) is 31.1 Å². The first-order valence-corrected chi connectivity index (χ1v) is 6.14. The number of aromatic amines is 1. The van der Waals surface area contributed by atoms with Gasteiger partial charge in [0, 0.05) is 19.7 Å². The lowest BCUT2D eigenvalue weighted by molar-refractivity contribution is 0.633. The number of hydrogen-bond acceptors (Lipinski definition) is 4. The number of imidazole rings is 1. The molecule has 0 aliphatic carbocycles. The molecule has 0 amide bonds. The molecule has 0 unspecified atom stereocenters. The van der Waals surface area contributed by atoms with Crippen LogP contribution in [0.1, 0.15) is 0 Å². The molecule has 20 heavy (non-hydrogen) atoms. The SMILES string of the molecule is CN(C)c1ccc2[nH]c(-c3ccc(N)c(F)c3)nc2n1. The summed E-state index contributed by atoms with van der Waals surface area (Å²) in [4.78, 5) is 13.8. The number of benzene rings is 1. The van der Waals surface area contributed by atoms with Crippen LogP contribution in [-0.2, 0) is 0 Å². The molecule has 0 atom stereocenters. The van der Waals surface area contributed by atoms with Gasteiger partial charge in [0.2, 0.25) is 0 Å². The quantitative estimate of drug-likeness (QED) is 0.702. The van der Waals surface area contributed by atoms with Crippen LogP contribution in [0.2, 0.25) is 0 Å². The van der Waals surface area contributed by atoms with Gasteiger partial charge in [0.05, 0.1) is 11.2 Å². The fourth-order valence-corrected chi connectivity index (χ4v) is 1.94. The zero-order valence-electron chi connectivity index (χ0n) is 11.2. The Morgan fingerprint density at radius 2 is 1.95 bits per heavy atom. The van der Waals surface area contributed by atoms with E-state index in [9.17, 15) is 4.39 Å². The van der Waals surface area contributed by atoms with Gasteiger partial charge in [0.1, 0.15) is 17.5 Å². The summed E-state index contributed by atoms with van der Waals surface area (Å²) < 4.78 is 13.5. The summed E-state index contributed by atoms with van der Waals surface area (Å²) in [5.74, 6) is 0.936. The van der Waals surface area contributed by atoms with Gasteiger partial charge in [-0.3, -0.25) is 0 Å². The lowest BCUT2D eigenvalue weighted by atomic mass is 10.2. The Morgan fingerprint density at radius 3 is 2.65 bits per heavy atom. The summed E-state index contributed by atoms with van der Waals surface area (Å²) in [5.41, 5.74) is 7.64. The molecule has 3 aromatic rings. The van der Waals surface area contributed by atoms with Gasteiger partial charge in [0.15, 0.2) is 5.65 Å². The maximum atomic E-state index is 13.5. The molecule has 0 bridgehead atoms. The molecule has 0 aliphatic heterocycles. The zero-order valence-corrected chi connectivity index (χ0v) is 11.2. The largest absolute Gasteiger partial charge is 0.396 e. The molecule has 2 aromatic heterocycles. The van der Waals surface area contributed by atoms with E-state index in [0.717, 1.165) is 11.3 Å². The Labute approximate surface area is 115 Å².